The fourth-order valence-corrected chi connectivity index (χ4v) is 2.13. The van der Waals surface area contributed by atoms with Gasteiger partial charge in [-0.2, -0.15) is 0 Å². The zero-order chi connectivity index (χ0) is 19.6. The molecule has 0 aromatic heterocycles. The number of aliphatic carboxylic acids is 2. The third-order valence-electron chi connectivity index (χ3n) is 4.21. The van der Waals surface area contributed by atoms with Crippen molar-refractivity contribution in [3.63, 3.8) is 0 Å². The van der Waals surface area contributed by atoms with Crippen molar-refractivity contribution in [2.45, 2.75) is 90.9 Å². The second kappa shape index (κ2) is 17.7. The summed E-state index contributed by atoms with van der Waals surface area (Å²) in [6.45, 7) is 2.43. The Morgan fingerprint density at radius 2 is 1.08 bits per heavy atom. The van der Waals surface area contributed by atoms with E-state index in [1.807, 2.05) is 0 Å². The fourth-order valence-electron chi connectivity index (χ4n) is 2.13. The minimum absolute atomic E-state index is 0.344. The Bertz CT molecular complexity index is 326. The molecule has 0 radical (unpaired) electrons. The van der Waals surface area contributed by atoms with Crippen LogP contribution in [0.4, 0.5) is 0 Å². The highest BCUT2D eigenvalue weighted by atomic mass is 16.4. The van der Waals surface area contributed by atoms with E-state index < -0.39 is 30.6 Å². The van der Waals surface area contributed by atoms with Crippen LogP contribution in [-0.4, -0.2) is 45.6 Å². The molecule has 0 saturated heterocycles. The summed E-state index contributed by atoms with van der Waals surface area (Å²) >= 11 is 0. The second-order valence-electron chi connectivity index (χ2n) is 6.86. The molecule has 6 nitrogen and oxygen atoms in total. The molecule has 0 saturated carbocycles. The van der Waals surface area contributed by atoms with Crippen molar-refractivity contribution < 1.29 is 30.0 Å². The number of aliphatic hydroxyl groups is 2. The summed E-state index contributed by atoms with van der Waals surface area (Å²) in [5.41, 5.74) is -1.39. The lowest BCUT2D eigenvalue weighted by Gasteiger charge is -2.17. The highest BCUT2D eigenvalue weighted by Gasteiger charge is 2.31. The van der Waals surface area contributed by atoms with Crippen LogP contribution in [0.3, 0.4) is 0 Å². The molecule has 0 heterocycles. The van der Waals surface area contributed by atoms with E-state index in [9.17, 15) is 9.59 Å². The molecule has 0 aromatic carbocycles. The molecule has 0 bridgehead atoms. The molecule has 0 unspecified atom stereocenters. The van der Waals surface area contributed by atoms with Gasteiger partial charge in [-0.05, 0) is 13.3 Å². The van der Waals surface area contributed by atoms with E-state index in [1.54, 1.807) is 0 Å². The third kappa shape index (κ3) is 17.5. The van der Waals surface area contributed by atoms with Crippen LogP contribution in [0.1, 0.15) is 90.9 Å². The van der Waals surface area contributed by atoms with Gasteiger partial charge in [0.1, 0.15) is 5.41 Å². The number of rotatable bonds is 15. The topological polar surface area (TPSA) is 115 Å². The number of carboxylic acids is 2. The summed E-state index contributed by atoms with van der Waals surface area (Å²) in [6.07, 6.45) is 14.4. The van der Waals surface area contributed by atoms with E-state index >= 15 is 0 Å². The van der Waals surface area contributed by atoms with Crippen molar-refractivity contribution in [1.82, 2.24) is 0 Å². The Morgan fingerprint density at radius 3 is 1.32 bits per heavy atom. The maximum absolute atomic E-state index is 10.3. The largest absolute Gasteiger partial charge is 0.481 e. The molecule has 0 fully saturated rings. The van der Waals surface area contributed by atoms with Gasteiger partial charge < -0.3 is 20.4 Å². The number of aliphatic hydroxyl groups excluding tert-OH is 2. The van der Waals surface area contributed by atoms with Gasteiger partial charge in [0, 0.05) is 6.42 Å². The molecule has 0 aromatic rings. The maximum atomic E-state index is 10.3. The maximum Gasteiger partial charge on any atom is 0.314 e. The van der Waals surface area contributed by atoms with Crippen LogP contribution in [0, 0.1) is 5.41 Å². The lowest BCUT2D eigenvalue weighted by atomic mass is 9.94. The molecule has 4 N–H and O–H groups in total. The van der Waals surface area contributed by atoms with Crippen molar-refractivity contribution in [2.75, 3.05) is 13.2 Å². The van der Waals surface area contributed by atoms with E-state index in [0.29, 0.717) is 6.42 Å². The van der Waals surface area contributed by atoms with Gasteiger partial charge in [-0.25, -0.2) is 0 Å². The zero-order valence-electron chi connectivity index (χ0n) is 16.0. The summed E-state index contributed by atoms with van der Waals surface area (Å²) in [6, 6.07) is 0. The average molecular weight is 363 g/mol. The number of carbonyl (C=O) groups is 2. The molecule has 0 aliphatic heterocycles. The molecule has 6 heteroatoms. The smallest absolute Gasteiger partial charge is 0.314 e. The first-order chi connectivity index (χ1) is 11.8. The van der Waals surface area contributed by atoms with E-state index in [-0.39, 0.29) is 0 Å². The van der Waals surface area contributed by atoms with Gasteiger partial charge in [0.2, 0.25) is 0 Å². The van der Waals surface area contributed by atoms with Crippen LogP contribution >= 0.6 is 0 Å². The van der Waals surface area contributed by atoms with E-state index in [4.69, 9.17) is 20.4 Å². The highest BCUT2D eigenvalue weighted by Crippen LogP contribution is 2.13. The number of hydrogen-bond donors (Lipinski definition) is 4. The van der Waals surface area contributed by atoms with Gasteiger partial charge in [-0.1, -0.05) is 71.1 Å². The normalized spacial score (nSPS) is 10.9. The monoisotopic (exact) mass is 362 g/mol. The zero-order valence-corrected chi connectivity index (χ0v) is 16.0. The van der Waals surface area contributed by atoms with Crippen LogP contribution in [-0.2, 0) is 9.59 Å². The van der Waals surface area contributed by atoms with Crippen molar-refractivity contribution in [1.29, 1.82) is 0 Å². The Hall–Kier alpha value is -1.14. The standard InChI is InChI=1S/C14H28O2.C5H10O4/c1-2-3-4-5-6-7-8-9-10-11-12-13-14(15)16;1-5(2-6,3-7)4(8)9/h2-13H2,1H3,(H,15,16);6-7H,2-3H2,1H3,(H,8,9). The number of unbranched alkanes of at least 4 members (excludes halogenated alkanes) is 10. The first kappa shape index (κ1) is 26.1. The molecule has 150 valence electrons. The summed E-state index contributed by atoms with van der Waals surface area (Å²) in [4.78, 5) is 20.4. The molecular formula is C19H38O6. The second-order valence-corrected chi connectivity index (χ2v) is 6.86. The molecule has 0 amide bonds. The van der Waals surface area contributed by atoms with Crippen LogP contribution < -0.4 is 0 Å². The summed E-state index contributed by atoms with van der Waals surface area (Å²) in [5.74, 6) is -1.84. The quantitative estimate of drug-likeness (QED) is 0.329. The Labute approximate surface area is 152 Å². The summed E-state index contributed by atoms with van der Waals surface area (Å²) in [7, 11) is 0. The number of carboxylic acid groups (broad SMARTS) is 2. The average Bonchev–Trinajstić information content (AvgIpc) is 2.59. The van der Waals surface area contributed by atoms with Crippen LogP contribution in [0.2, 0.25) is 0 Å². The molecule has 0 rings (SSSR count). The predicted octanol–water partition coefficient (Wildman–Crippen LogP) is 3.83. The molecule has 0 atom stereocenters. The lowest BCUT2D eigenvalue weighted by Crippen LogP contribution is -2.35. The van der Waals surface area contributed by atoms with E-state index in [1.165, 1.54) is 64.7 Å². The number of hydrogen-bond acceptors (Lipinski definition) is 4. The third-order valence-corrected chi connectivity index (χ3v) is 4.21. The van der Waals surface area contributed by atoms with Crippen molar-refractivity contribution >= 4 is 11.9 Å². The molecule has 0 aliphatic carbocycles. The SMILES string of the molecule is CC(CO)(CO)C(=O)O.CCCCCCCCCCCCCC(=O)O. The predicted molar refractivity (Wildman–Crippen MR) is 98.6 cm³/mol. The van der Waals surface area contributed by atoms with Crippen LogP contribution in [0.25, 0.3) is 0 Å². The fraction of sp³-hybridized carbons (Fsp3) is 0.895. The molecule has 0 spiro atoms. The minimum atomic E-state index is -1.39. The van der Waals surface area contributed by atoms with Gasteiger partial charge >= 0.3 is 11.9 Å². The highest BCUT2D eigenvalue weighted by molar-refractivity contribution is 5.74. The van der Waals surface area contributed by atoms with E-state index in [0.717, 1.165) is 12.8 Å². The Morgan fingerprint density at radius 1 is 0.720 bits per heavy atom. The summed E-state index contributed by atoms with van der Waals surface area (Å²) < 4.78 is 0. The van der Waals surface area contributed by atoms with Gasteiger partial charge in [-0.15, -0.1) is 0 Å². The van der Waals surface area contributed by atoms with Gasteiger partial charge in [0.15, 0.2) is 0 Å². The molecule has 0 aliphatic rings. The van der Waals surface area contributed by atoms with Gasteiger partial charge in [-0.3, -0.25) is 9.59 Å². The first-order valence-electron chi connectivity index (χ1n) is 9.51. The Kier molecular flexibility index (Phi) is 18.4. The van der Waals surface area contributed by atoms with Gasteiger partial charge in [0.25, 0.3) is 0 Å². The van der Waals surface area contributed by atoms with Crippen molar-refractivity contribution in [2.24, 2.45) is 5.41 Å². The minimum Gasteiger partial charge on any atom is -0.481 e. The first-order valence-corrected chi connectivity index (χ1v) is 9.51. The van der Waals surface area contributed by atoms with E-state index in [2.05, 4.69) is 6.92 Å². The molecule has 25 heavy (non-hydrogen) atoms. The molecular weight excluding hydrogens is 324 g/mol. The van der Waals surface area contributed by atoms with Crippen LogP contribution in [0.15, 0.2) is 0 Å². The van der Waals surface area contributed by atoms with Crippen LogP contribution in [0.5, 0.6) is 0 Å². The lowest BCUT2D eigenvalue weighted by molar-refractivity contribution is -0.153. The Balaban J connectivity index is 0. The summed E-state index contributed by atoms with van der Waals surface area (Å²) in [5, 5.41) is 33.6. The van der Waals surface area contributed by atoms with Crippen molar-refractivity contribution in [3.05, 3.63) is 0 Å². The van der Waals surface area contributed by atoms with Crippen molar-refractivity contribution in [3.8, 4) is 0 Å². The van der Waals surface area contributed by atoms with Gasteiger partial charge in [0.05, 0.1) is 13.2 Å².